The first kappa shape index (κ1) is 22.3. The summed E-state index contributed by atoms with van der Waals surface area (Å²) in [6, 6.07) is 18.7. The van der Waals surface area contributed by atoms with Crippen molar-refractivity contribution in [2.75, 3.05) is 19.6 Å². The number of piperidine rings is 1. The molecule has 0 spiro atoms. The number of likely N-dealkylation sites (tertiary alicyclic amines) is 1. The molecule has 0 radical (unpaired) electrons. The molecule has 0 amide bonds. The first-order chi connectivity index (χ1) is 14.2. The second kappa shape index (κ2) is 10.6. The van der Waals surface area contributed by atoms with E-state index in [9.17, 15) is 9.90 Å². The van der Waals surface area contributed by atoms with Gasteiger partial charge in [0.2, 0.25) is 0 Å². The molecule has 30 heavy (non-hydrogen) atoms. The van der Waals surface area contributed by atoms with Crippen molar-refractivity contribution in [2.24, 2.45) is 11.8 Å². The molecule has 5 nitrogen and oxygen atoms in total. The number of H-pyrrole nitrogens is 1. The molecule has 1 aromatic heterocycles. The third-order valence-electron chi connectivity index (χ3n) is 6.09. The predicted octanol–water partition coefficient (Wildman–Crippen LogP) is 4.57. The fourth-order valence-electron chi connectivity index (χ4n) is 4.59. The van der Waals surface area contributed by atoms with E-state index in [1.54, 1.807) is 0 Å². The van der Waals surface area contributed by atoms with Gasteiger partial charge in [0.1, 0.15) is 5.82 Å². The number of aromatic amines is 1. The summed E-state index contributed by atoms with van der Waals surface area (Å²) >= 11 is 0. The molecule has 1 aliphatic heterocycles. The predicted molar refractivity (Wildman–Crippen MR) is 122 cm³/mol. The number of carboxylic acids is 1. The lowest BCUT2D eigenvalue weighted by molar-refractivity contribution is -0.139. The van der Waals surface area contributed by atoms with Gasteiger partial charge in [-0.3, -0.25) is 4.79 Å². The Balaban J connectivity index is 0.00000256. The molecule has 2 aromatic carbocycles. The highest BCUT2D eigenvalue weighted by Crippen LogP contribution is 2.29. The molecule has 4 rings (SSSR count). The van der Waals surface area contributed by atoms with Gasteiger partial charge in [-0.25, -0.2) is 4.98 Å². The van der Waals surface area contributed by atoms with E-state index in [1.807, 2.05) is 24.3 Å². The maximum atomic E-state index is 11.4. The van der Waals surface area contributed by atoms with E-state index in [-0.39, 0.29) is 24.7 Å². The Bertz CT molecular complexity index is 911. The van der Waals surface area contributed by atoms with Crippen LogP contribution < -0.4 is 0 Å². The van der Waals surface area contributed by atoms with Crippen molar-refractivity contribution in [1.82, 2.24) is 14.9 Å². The lowest BCUT2D eigenvalue weighted by Crippen LogP contribution is -2.42. The minimum absolute atomic E-state index is 0. The summed E-state index contributed by atoms with van der Waals surface area (Å²) in [6.45, 7) is 3.00. The Hall–Kier alpha value is -2.37. The van der Waals surface area contributed by atoms with Gasteiger partial charge in [-0.1, -0.05) is 42.5 Å². The van der Waals surface area contributed by atoms with Crippen LogP contribution in [-0.2, 0) is 17.6 Å². The number of aryl methyl sites for hydroxylation is 1. The summed E-state index contributed by atoms with van der Waals surface area (Å²) in [4.78, 5) is 22.0. The number of aromatic nitrogens is 2. The molecular formula is C24H30ClN3O2. The zero-order chi connectivity index (χ0) is 20.1. The minimum atomic E-state index is -0.692. The molecule has 2 heterocycles. The fraction of sp³-hybridized carbons (Fsp3) is 0.417. The molecule has 1 saturated heterocycles. The molecular weight excluding hydrogens is 398 g/mol. The number of fused-ring (bicyclic) bond motifs is 1. The van der Waals surface area contributed by atoms with Crippen LogP contribution in [0.3, 0.4) is 0 Å². The van der Waals surface area contributed by atoms with Crippen LogP contribution >= 0.6 is 12.4 Å². The van der Waals surface area contributed by atoms with Crippen LogP contribution in [0.5, 0.6) is 0 Å². The second-order valence-corrected chi connectivity index (χ2v) is 8.20. The number of hydrogen-bond acceptors (Lipinski definition) is 3. The number of halogens is 1. The average Bonchev–Trinajstić information content (AvgIpc) is 3.13. The van der Waals surface area contributed by atoms with E-state index >= 15 is 0 Å². The molecule has 2 N–H and O–H groups in total. The Morgan fingerprint density at radius 1 is 1.10 bits per heavy atom. The quantitative estimate of drug-likeness (QED) is 0.552. The van der Waals surface area contributed by atoms with E-state index < -0.39 is 5.97 Å². The first-order valence-electron chi connectivity index (χ1n) is 10.6. The summed E-state index contributed by atoms with van der Waals surface area (Å²) in [5, 5.41) is 9.36. The number of rotatable bonds is 8. The van der Waals surface area contributed by atoms with Gasteiger partial charge in [0.05, 0.1) is 11.0 Å². The molecule has 2 atom stereocenters. The Morgan fingerprint density at radius 2 is 1.87 bits per heavy atom. The summed E-state index contributed by atoms with van der Waals surface area (Å²) in [5.41, 5.74) is 3.41. The van der Waals surface area contributed by atoms with Crippen LogP contribution in [0.2, 0.25) is 0 Å². The Kier molecular flexibility index (Phi) is 7.88. The van der Waals surface area contributed by atoms with E-state index in [1.165, 1.54) is 5.56 Å². The summed E-state index contributed by atoms with van der Waals surface area (Å²) in [7, 11) is 0. The lowest BCUT2D eigenvalue weighted by Gasteiger charge is -2.38. The maximum Gasteiger partial charge on any atom is 0.303 e. The van der Waals surface area contributed by atoms with Crippen LogP contribution in [0.1, 0.15) is 30.7 Å². The Morgan fingerprint density at radius 3 is 2.63 bits per heavy atom. The van der Waals surface area contributed by atoms with Gasteiger partial charge < -0.3 is 15.0 Å². The van der Waals surface area contributed by atoms with Crippen molar-refractivity contribution >= 4 is 29.4 Å². The summed E-state index contributed by atoms with van der Waals surface area (Å²) < 4.78 is 0. The zero-order valence-corrected chi connectivity index (χ0v) is 18.0. The number of hydrogen-bond donors (Lipinski definition) is 2. The van der Waals surface area contributed by atoms with E-state index in [0.29, 0.717) is 5.92 Å². The SMILES string of the molecule is Cl.O=C(O)C[C@@H]1CCN(CCCc2ccccc2)C[C@@H]1Cc1nc2ccccc2[nH]1. The monoisotopic (exact) mass is 427 g/mol. The number of carboxylic acid groups (broad SMARTS) is 1. The number of para-hydroxylation sites is 2. The number of nitrogens with one attached hydrogen (secondary N) is 1. The average molecular weight is 428 g/mol. The minimum Gasteiger partial charge on any atom is -0.481 e. The van der Waals surface area contributed by atoms with Crippen molar-refractivity contribution in [2.45, 2.75) is 32.1 Å². The van der Waals surface area contributed by atoms with Crippen molar-refractivity contribution in [3.8, 4) is 0 Å². The fourth-order valence-corrected chi connectivity index (χ4v) is 4.59. The summed E-state index contributed by atoms with van der Waals surface area (Å²) in [6.07, 6.45) is 4.22. The van der Waals surface area contributed by atoms with Crippen LogP contribution in [0.25, 0.3) is 11.0 Å². The van der Waals surface area contributed by atoms with Gasteiger partial charge >= 0.3 is 5.97 Å². The number of benzene rings is 2. The zero-order valence-electron chi connectivity index (χ0n) is 17.2. The second-order valence-electron chi connectivity index (χ2n) is 8.20. The van der Waals surface area contributed by atoms with E-state index in [0.717, 1.165) is 62.2 Å². The smallest absolute Gasteiger partial charge is 0.303 e. The molecule has 6 heteroatoms. The number of nitrogens with zero attached hydrogens (tertiary/aromatic N) is 2. The molecule has 1 fully saturated rings. The number of imidazole rings is 1. The normalized spacial score (nSPS) is 19.5. The van der Waals surface area contributed by atoms with Crippen LogP contribution in [-0.4, -0.2) is 45.6 Å². The molecule has 0 aliphatic carbocycles. The molecule has 1 aliphatic rings. The van der Waals surface area contributed by atoms with Crippen LogP contribution in [0.15, 0.2) is 54.6 Å². The molecule has 160 valence electrons. The van der Waals surface area contributed by atoms with Gasteiger partial charge in [-0.2, -0.15) is 0 Å². The van der Waals surface area contributed by atoms with E-state index in [2.05, 4.69) is 40.2 Å². The molecule has 0 unspecified atom stereocenters. The topological polar surface area (TPSA) is 69.2 Å². The third-order valence-corrected chi connectivity index (χ3v) is 6.09. The van der Waals surface area contributed by atoms with Crippen molar-refractivity contribution in [3.05, 3.63) is 66.0 Å². The van der Waals surface area contributed by atoms with Crippen LogP contribution in [0.4, 0.5) is 0 Å². The largest absolute Gasteiger partial charge is 0.481 e. The number of aliphatic carboxylic acids is 1. The highest BCUT2D eigenvalue weighted by molar-refractivity contribution is 5.85. The summed E-state index contributed by atoms with van der Waals surface area (Å²) in [5.74, 6) is 0.808. The van der Waals surface area contributed by atoms with Crippen molar-refractivity contribution in [3.63, 3.8) is 0 Å². The molecule has 3 aromatic rings. The maximum absolute atomic E-state index is 11.4. The number of carbonyl (C=O) groups is 1. The third kappa shape index (κ3) is 5.83. The van der Waals surface area contributed by atoms with Gasteiger partial charge in [0.25, 0.3) is 0 Å². The molecule has 0 bridgehead atoms. The van der Waals surface area contributed by atoms with Gasteiger partial charge in [0.15, 0.2) is 0 Å². The Labute approximate surface area is 183 Å². The van der Waals surface area contributed by atoms with Crippen LogP contribution in [0, 0.1) is 11.8 Å². The van der Waals surface area contributed by atoms with Crippen molar-refractivity contribution in [1.29, 1.82) is 0 Å². The standard InChI is InChI=1S/C24H29N3O2.ClH/c28-24(29)16-19-12-14-27(13-6-9-18-7-2-1-3-8-18)17-20(19)15-23-25-21-10-4-5-11-22(21)26-23;/h1-5,7-8,10-11,19-20H,6,9,12-17H2,(H,25,26)(H,28,29);1H/t19-,20-;/m0./s1. The van der Waals surface area contributed by atoms with Crippen molar-refractivity contribution < 1.29 is 9.90 Å². The van der Waals surface area contributed by atoms with Gasteiger partial charge in [-0.15, -0.1) is 12.4 Å². The van der Waals surface area contributed by atoms with E-state index in [4.69, 9.17) is 4.98 Å². The molecule has 0 saturated carbocycles. The first-order valence-corrected chi connectivity index (χ1v) is 10.6. The van der Waals surface area contributed by atoms with Gasteiger partial charge in [0, 0.05) is 19.4 Å². The highest BCUT2D eigenvalue weighted by Gasteiger charge is 2.31. The lowest BCUT2D eigenvalue weighted by atomic mass is 9.81. The van der Waals surface area contributed by atoms with Gasteiger partial charge in [-0.05, 0) is 61.9 Å². The highest BCUT2D eigenvalue weighted by atomic mass is 35.5.